The summed E-state index contributed by atoms with van der Waals surface area (Å²) in [4.78, 5) is 25.7. The first-order chi connectivity index (χ1) is 13.7. The maximum atomic E-state index is 10.9. The van der Waals surface area contributed by atoms with Crippen LogP contribution >= 0.6 is 11.8 Å². The highest BCUT2D eigenvalue weighted by Gasteiger charge is 2.15. The molecule has 2 N–H and O–H groups in total. The third-order valence-electron chi connectivity index (χ3n) is 4.90. The molecule has 0 radical (unpaired) electrons. The summed E-state index contributed by atoms with van der Waals surface area (Å²) in [7, 11) is 0. The molecular weight excluding hydrogens is 370 g/mol. The molecule has 0 fully saturated rings. The predicted octanol–water partition coefficient (Wildman–Crippen LogP) is 4.61. The lowest BCUT2D eigenvalue weighted by Gasteiger charge is -2.21. The monoisotopic (exact) mass is 391 g/mol. The number of H-pyrrole nitrogens is 1. The first kappa shape index (κ1) is 18.3. The van der Waals surface area contributed by atoms with Gasteiger partial charge >= 0.3 is 0 Å². The van der Waals surface area contributed by atoms with Crippen LogP contribution in [0.2, 0.25) is 0 Å². The molecule has 7 heteroatoms. The summed E-state index contributed by atoms with van der Waals surface area (Å²) in [6.45, 7) is 5.01. The SMILES string of the molecule is C=Nc1ccc(Nc2ccnc3[nH]c(C4=CCN(C=O)CC4)cc23)cc1SC. The number of fused-ring (bicyclic) bond motifs is 1. The number of hydrogen-bond donors (Lipinski definition) is 2. The summed E-state index contributed by atoms with van der Waals surface area (Å²) >= 11 is 1.64. The average Bonchev–Trinajstić information content (AvgIpc) is 3.19. The van der Waals surface area contributed by atoms with Crippen LogP contribution in [0.4, 0.5) is 17.1 Å². The number of carbonyl (C=O) groups excluding carboxylic acids is 1. The van der Waals surface area contributed by atoms with Crippen LogP contribution in [0.5, 0.6) is 0 Å². The van der Waals surface area contributed by atoms with Crippen LogP contribution in [0.15, 0.2) is 52.5 Å². The number of thioether (sulfide) groups is 1. The van der Waals surface area contributed by atoms with E-state index in [-0.39, 0.29) is 0 Å². The van der Waals surface area contributed by atoms with E-state index in [1.165, 1.54) is 5.57 Å². The van der Waals surface area contributed by atoms with Gasteiger partial charge in [-0.3, -0.25) is 9.79 Å². The van der Waals surface area contributed by atoms with Gasteiger partial charge in [0.2, 0.25) is 6.41 Å². The van der Waals surface area contributed by atoms with Crippen molar-refractivity contribution in [1.29, 1.82) is 0 Å². The molecular formula is C21H21N5OS. The number of hydrogen-bond acceptors (Lipinski definition) is 5. The molecule has 0 saturated heterocycles. The average molecular weight is 392 g/mol. The van der Waals surface area contributed by atoms with Crippen LogP contribution in [0, 0.1) is 0 Å². The van der Waals surface area contributed by atoms with E-state index >= 15 is 0 Å². The van der Waals surface area contributed by atoms with Gasteiger partial charge in [-0.1, -0.05) is 6.08 Å². The molecule has 0 aliphatic carbocycles. The molecule has 4 rings (SSSR count). The number of amides is 1. The largest absolute Gasteiger partial charge is 0.355 e. The van der Waals surface area contributed by atoms with Crippen molar-refractivity contribution < 1.29 is 4.79 Å². The zero-order valence-electron chi connectivity index (χ0n) is 15.6. The van der Waals surface area contributed by atoms with Crippen molar-refractivity contribution in [3.63, 3.8) is 0 Å². The first-order valence-corrected chi connectivity index (χ1v) is 10.2. The van der Waals surface area contributed by atoms with Crippen LogP contribution < -0.4 is 5.32 Å². The third-order valence-corrected chi connectivity index (χ3v) is 5.66. The minimum absolute atomic E-state index is 0.647. The Morgan fingerprint density at radius 2 is 2.25 bits per heavy atom. The summed E-state index contributed by atoms with van der Waals surface area (Å²) in [6.07, 6.45) is 7.66. The van der Waals surface area contributed by atoms with Crippen LogP contribution in [-0.2, 0) is 4.79 Å². The topological polar surface area (TPSA) is 73.4 Å². The maximum absolute atomic E-state index is 10.9. The number of nitrogens with zero attached hydrogens (tertiary/aromatic N) is 3. The van der Waals surface area contributed by atoms with E-state index in [1.54, 1.807) is 22.9 Å². The summed E-state index contributed by atoms with van der Waals surface area (Å²) in [6, 6.07) is 10.1. The van der Waals surface area contributed by atoms with Gasteiger partial charge in [-0.25, -0.2) is 4.98 Å². The Hall–Kier alpha value is -3.06. The number of carbonyl (C=O) groups is 1. The highest BCUT2D eigenvalue weighted by molar-refractivity contribution is 7.98. The number of anilines is 2. The predicted molar refractivity (Wildman–Crippen MR) is 117 cm³/mol. The second-order valence-electron chi connectivity index (χ2n) is 6.55. The molecule has 142 valence electrons. The van der Waals surface area contributed by atoms with Crippen molar-refractivity contribution in [3.8, 4) is 0 Å². The van der Waals surface area contributed by atoms with Gasteiger partial charge in [-0.05, 0) is 55.3 Å². The molecule has 28 heavy (non-hydrogen) atoms. The standard InChI is InChI=1S/C21H21N5OS/c1-22-18-4-3-15(11-20(18)28-2)24-17-5-8-23-21-16(17)12-19(25-21)14-6-9-26(13-27)10-7-14/h3-6,8,11-13H,1,7,9-10H2,2H3,(H2,23,24,25). The zero-order chi connectivity index (χ0) is 19.5. The fourth-order valence-corrected chi connectivity index (χ4v) is 3.96. The second-order valence-corrected chi connectivity index (χ2v) is 7.40. The number of rotatable bonds is 6. The van der Waals surface area contributed by atoms with Gasteiger partial charge in [0.25, 0.3) is 0 Å². The minimum Gasteiger partial charge on any atom is -0.355 e. The molecule has 0 spiro atoms. The lowest BCUT2D eigenvalue weighted by molar-refractivity contribution is -0.117. The lowest BCUT2D eigenvalue weighted by Crippen LogP contribution is -2.26. The maximum Gasteiger partial charge on any atom is 0.209 e. The van der Waals surface area contributed by atoms with Crippen molar-refractivity contribution in [2.75, 3.05) is 24.7 Å². The van der Waals surface area contributed by atoms with Crippen molar-refractivity contribution in [1.82, 2.24) is 14.9 Å². The van der Waals surface area contributed by atoms with Crippen LogP contribution in [0.1, 0.15) is 12.1 Å². The molecule has 6 nitrogen and oxygen atoms in total. The number of aromatic amines is 1. The highest BCUT2D eigenvalue weighted by atomic mass is 32.2. The molecule has 0 atom stereocenters. The van der Waals surface area contributed by atoms with Gasteiger partial charge < -0.3 is 15.2 Å². The molecule has 3 heterocycles. The fourth-order valence-electron chi connectivity index (χ4n) is 3.38. The Morgan fingerprint density at radius 1 is 1.36 bits per heavy atom. The van der Waals surface area contributed by atoms with Crippen LogP contribution in [0.25, 0.3) is 16.6 Å². The fraction of sp³-hybridized carbons (Fsp3) is 0.190. The van der Waals surface area contributed by atoms with E-state index < -0.39 is 0 Å². The summed E-state index contributed by atoms with van der Waals surface area (Å²) in [5.74, 6) is 0. The van der Waals surface area contributed by atoms with Gasteiger partial charge in [0, 0.05) is 40.9 Å². The molecule has 1 aliphatic heterocycles. The molecule has 1 amide bonds. The van der Waals surface area contributed by atoms with Gasteiger partial charge in [-0.15, -0.1) is 11.8 Å². The quantitative estimate of drug-likeness (QED) is 0.366. The molecule has 3 aromatic rings. The molecule has 0 bridgehead atoms. The smallest absolute Gasteiger partial charge is 0.209 e. The van der Waals surface area contributed by atoms with Crippen molar-refractivity contribution >= 4 is 58.6 Å². The molecule has 0 saturated carbocycles. The van der Waals surface area contributed by atoms with Gasteiger partial charge in [0.05, 0.1) is 11.4 Å². The Kier molecular flexibility index (Phi) is 5.16. The Balaban J connectivity index is 1.65. The Morgan fingerprint density at radius 3 is 2.96 bits per heavy atom. The van der Waals surface area contributed by atoms with Gasteiger partial charge in [-0.2, -0.15) is 0 Å². The number of aromatic nitrogens is 2. The van der Waals surface area contributed by atoms with Crippen molar-refractivity contribution in [2.45, 2.75) is 11.3 Å². The molecule has 2 aromatic heterocycles. The van der Waals surface area contributed by atoms with E-state index in [1.807, 2.05) is 24.5 Å². The molecule has 1 aliphatic rings. The molecule has 1 aromatic carbocycles. The van der Waals surface area contributed by atoms with Crippen LogP contribution in [-0.4, -0.2) is 47.3 Å². The summed E-state index contributed by atoms with van der Waals surface area (Å²) in [5, 5.41) is 4.53. The number of aliphatic imine (C=N–C) groups is 1. The highest BCUT2D eigenvalue weighted by Crippen LogP contribution is 2.34. The van der Waals surface area contributed by atoms with E-state index in [0.717, 1.165) is 58.1 Å². The molecule has 0 unspecified atom stereocenters. The van der Waals surface area contributed by atoms with Gasteiger partial charge in [0.1, 0.15) is 5.65 Å². The van der Waals surface area contributed by atoms with Crippen LogP contribution in [0.3, 0.4) is 0 Å². The Labute approximate surface area is 167 Å². The van der Waals surface area contributed by atoms with Gasteiger partial charge in [0.15, 0.2) is 0 Å². The van der Waals surface area contributed by atoms with E-state index in [2.05, 4.69) is 45.2 Å². The van der Waals surface area contributed by atoms with E-state index in [4.69, 9.17) is 0 Å². The van der Waals surface area contributed by atoms with E-state index in [0.29, 0.717) is 6.54 Å². The number of benzene rings is 1. The zero-order valence-corrected chi connectivity index (χ0v) is 16.4. The first-order valence-electron chi connectivity index (χ1n) is 9.00. The normalized spacial score (nSPS) is 14.0. The second kappa shape index (κ2) is 7.90. The third kappa shape index (κ3) is 3.53. The van der Waals surface area contributed by atoms with Crippen molar-refractivity contribution in [3.05, 3.63) is 48.3 Å². The lowest BCUT2D eigenvalue weighted by atomic mass is 10.1. The Bertz CT molecular complexity index is 1070. The van der Waals surface area contributed by atoms with E-state index in [9.17, 15) is 4.79 Å². The number of nitrogens with one attached hydrogen (secondary N) is 2. The minimum atomic E-state index is 0.647. The number of pyridine rings is 1. The summed E-state index contributed by atoms with van der Waals surface area (Å²) in [5.41, 5.74) is 5.98. The summed E-state index contributed by atoms with van der Waals surface area (Å²) < 4.78 is 0. The van der Waals surface area contributed by atoms with Crippen molar-refractivity contribution in [2.24, 2.45) is 4.99 Å².